The van der Waals surface area contributed by atoms with Gasteiger partial charge in [0.15, 0.2) is 0 Å². The highest BCUT2D eigenvalue weighted by Crippen LogP contribution is 2.45. The second kappa shape index (κ2) is 9.99. The number of anilines is 1. The number of carbonyl (C=O) groups excluding carboxylic acids is 1. The van der Waals surface area contributed by atoms with Crippen LogP contribution in [0.4, 0.5) is 10.3 Å². The summed E-state index contributed by atoms with van der Waals surface area (Å²) in [5.74, 6) is 2.01. The number of halogens is 1. The van der Waals surface area contributed by atoms with Gasteiger partial charge in [0.2, 0.25) is 11.9 Å². The number of nitrogens with zero attached hydrogens (tertiary/aromatic N) is 4. The van der Waals surface area contributed by atoms with E-state index in [2.05, 4.69) is 60.1 Å². The van der Waals surface area contributed by atoms with E-state index in [9.17, 15) is 9.18 Å². The van der Waals surface area contributed by atoms with Crippen LogP contribution >= 0.6 is 0 Å². The first-order valence-corrected chi connectivity index (χ1v) is 13.0. The molecule has 1 aromatic heterocycles. The molecule has 0 radical (unpaired) electrons. The van der Waals surface area contributed by atoms with Gasteiger partial charge in [-0.3, -0.25) is 19.7 Å². The Hall–Kier alpha value is -3.30. The highest BCUT2D eigenvalue weighted by Gasteiger charge is 2.48. The number of amides is 1. The van der Waals surface area contributed by atoms with Gasteiger partial charge in [0.1, 0.15) is 24.0 Å². The lowest BCUT2D eigenvalue weighted by Gasteiger charge is -2.44. The largest absolute Gasteiger partial charge is 0.352 e. The van der Waals surface area contributed by atoms with Crippen LogP contribution in [-0.2, 0) is 17.8 Å². The minimum absolute atomic E-state index is 0.00979. The van der Waals surface area contributed by atoms with Crippen molar-refractivity contribution in [1.29, 1.82) is 0 Å². The van der Waals surface area contributed by atoms with Crippen molar-refractivity contribution in [2.45, 2.75) is 69.9 Å². The number of aromatic nitrogens is 3. The molecule has 2 aromatic carbocycles. The van der Waals surface area contributed by atoms with Gasteiger partial charge in [0.05, 0.1) is 0 Å². The summed E-state index contributed by atoms with van der Waals surface area (Å²) in [5, 5.41) is 18.1. The Balaban J connectivity index is 1.13. The highest BCUT2D eigenvalue weighted by molar-refractivity contribution is 5.75. The van der Waals surface area contributed by atoms with Crippen molar-refractivity contribution in [3.63, 3.8) is 0 Å². The Kier molecular flexibility index (Phi) is 6.41. The summed E-state index contributed by atoms with van der Waals surface area (Å²) in [6.45, 7) is 0.404. The van der Waals surface area contributed by atoms with Crippen LogP contribution in [0.3, 0.4) is 0 Å². The van der Waals surface area contributed by atoms with Crippen LogP contribution in [0.15, 0.2) is 54.6 Å². The number of benzene rings is 2. The lowest BCUT2D eigenvalue weighted by molar-refractivity contribution is -0.121. The van der Waals surface area contributed by atoms with Crippen LogP contribution in [0.1, 0.15) is 67.7 Å². The maximum Gasteiger partial charge on any atom is 0.243 e. The van der Waals surface area contributed by atoms with Crippen LogP contribution in [-0.4, -0.2) is 26.8 Å². The number of hydrazine groups is 1. The highest BCUT2D eigenvalue weighted by atomic mass is 19.1. The first-order valence-electron chi connectivity index (χ1n) is 13.0. The van der Waals surface area contributed by atoms with Gasteiger partial charge < -0.3 is 5.32 Å². The Morgan fingerprint density at radius 1 is 1.06 bits per heavy atom. The zero-order valence-corrected chi connectivity index (χ0v) is 20.2. The summed E-state index contributed by atoms with van der Waals surface area (Å²) in [6, 6.07) is 17.0. The Morgan fingerprint density at radius 3 is 2.69 bits per heavy atom. The Labute approximate surface area is 210 Å². The number of hydrogen-bond donors (Lipinski definition) is 3. The fourth-order valence-corrected chi connectivity index (χ4v) is 5.93. The van der Waals surface area contributed by atoms with Crippen LogP contribution in [0.25, 0.3) is 0 Å². The van der Waals surface area contributed by atoms with Crippen molar-refractivity contribution >= 4 is 11.9 Å². The number of nitrogens with one attached hydrogen (secondary N) is 3. The predicted octanol–water partition coefficient (Wildman–Crippen LogP) is 3.74. The molecule has 3 aliphatic rings. The number of fused-ring (bicyclic) bond motifs is 6. The molecule has 9 heteroatoms. The van der Waals surface area contributed by atoms with E-state index in [0.717, 1.165) is 23.8 Å². The number of carbonyl (C=O) groups is 1. The molecule has 1 saturated heterocycles. The SMILES string of the molecule is O=C(CCCc1nnc2n1C1CCCCC1C1NC(c3ccccc3)NN21)NCc1ccc(F)cc1. The summed E-state index contributed by atoms with van der Waals surface area (Å²) in [5.41, 5.74) is 5.72. The molecule has 2 aliphatic heterocycles. The maximum atomic E-state index is 13.1. The molecule has 8 nitrogen and oxygen atoms in total. The minimum atomic E-state index is -0.274. The molecular weight excluding hydrogens is 457 g/mol. The molecule has 0 bridgehead atoms. The molecular formula is C27H32FN7O. The van der Waals surface area contributed by atoms with Gasteiger partial charge in [-0.1, -0.05) is 55.3 Å². The quantitative estimate of drug-likeness (QED) is 0.469. The van der Waals surface area contributed by atoms with Crippen LogP contribution in [0.2, 0.25) is 0 Å². The van der Waals surface area contributed by atoms with Crippen molar-refractivity contribution < 1.29 is 9.18 Å². The molecule has 4 atom stereocenters. The fraction of sp³-hybridized carbons (Fsp3) is 0.444. The average Bonchev–Trinajstić information content (AvgIpc) is 3.54. The minimum Gasteiger partial charge on any atom is -0.352 e. The van der Waals surface area contributed by atoms with E-state index >= 15 is 0 Å². The maximum absolute atomic E-state index is 13.1. The molecule has 3 N–H and O–H groups in total. The smallest absolute Gasteiger partial charge is 0.243 e. The monoisotopic (exact) mass is 489 g/mol. The van der Waals surface area contributed by atoms with E-state index < -0.39 is 0 Å². The molecule has 1 amide bonds. The summed E-state index contributed by atoms with van der Waals surface area (Å²) in [4.78, 5) is 12.4. The van der Waals surface area contributed by atoms with Crippen molar-refractivity contribution in [3.05, 3.63) is 77.4 Å². The van der Waals surface area contributed by atoms with Gasteiger partial charge >= 0.3 is 0 Å². The predicted molar refractivity (Wildman–Crippen MR) is 134 cm³/mol. The third-order valence-electron chi connectivity index (χ3n) is 7.71. The number of aryl methyl sites for hydroxylation is 1. The summed E-state index contributed by atoms with van der Waals surface area (Å²) >= 11 is 0. The Bertz CT molecular complexity index is 1200. The topological polar surface area (TPSA) is 87.1 Å². The summed E-state index contributed by atoms with van der Waals surface area (Å²) in [7, 11) is 0. The Morgan fingerprint density at radius 2 is 1.86 bits per heavy atom. The first-order chi connectivity index (χ1) is 17.7. The van der Waals surface area contributed by atoms with Crippen molar-refractivity contribution in [1.82, 2.24) is 30.8 Å². The van der Waals surface area contributed by atoms with Crippen molar-refractivity contribution in [2.24, 2.45) is 5.92 Å². The van der Waals surface area contributed by atoms with E-state index in [1.54, 1.807) is 12.1 Å². The van der Waals surface area contributed by atoms with Crippen molar-refractivity contribution in [2.75, 3.05) is 5.01 Å². The zero-order valence-electron chi connectivity index (χ0n) is 20.2. The molecule has 3 aromatic rings. The lowest BCUT2D eigenvalue weighted by Crippen LogP contribution is -2.53. The van der Waals surface area contributed by atoms with E-state index in [1.165, 1.54) is 37.0 Å². The van der Waals surface area contributed by atoms with Crippen LogP contribution < -0.4 is 21.1 Å². The van der Waals surface area contributed by atoms with Crippen LogP contribution in [0, 0.1) is 11.7 Å². The van der Waals surface area contributed by atoms with Gasteiger partial charge in [-0.25, -0.2) is 9.82 Å². The molecule has 1 saturated carbocycles. The first kappa shape index (κ1) is 23.1. The lowest BCUT2D eigenvalue weighted by atomic mass is 9.81. The summed E-state index contributed by atoms with van der Waals surface area (Å²) < 4.78 is 15.4. The fourth-order valence-electron chi connectivity index (χ4n) is 5.93. The van der Waals surface area contributed by atoms with Crippen LogP contribution in [0.5, 0.6) is 0 Å². The second-order valence-corrected chi connectivity index (χ2v) is 10.0. The second-order valence-electron chi connectivity index (χ2n) is 10.0. The standard InChI is InChI=1S/C27H32FN7O/c28-20-15-13-18(14-16-20)17-29-24(36)12-6-11-23-31-32-27-34(23)22-10-5-4-9-21(22)26-30-25(33-35(26)27)19-7-2-1-3-8-19/h1-3,7-8,13-16,21-22,25-26,30,33H,4-6,9-12,17H2,(H,29,36). The third kappa shape index (κ3) is 4.49. The molecule has 4 unspecified atom stereocenters. The van der Waals surface area contributed by atoms with E-state index in [1.807, 2.05) is 6.07 Å². The van der Waals surface area contributed by atoms with E-state index in [-0.39, 0.29) is 24.1 Å². The average molecular weight is 490 g/mol. The number of hydrogen-bond acceptors (Lipinski definition) is 6. The number of rotatable bonds is 7. The molecule has 0 spiro atoms. The van der Waals surface area contributed by atoms with Gasteiger partial charge in [0.25, 0.3) is 0 Å². The van der Waals surface area contributed by atoms with Gasteiger partial charge in [-0.05, 0) is 42.5 Å². The molecule has 3 heterocycles. The van der Waals surface area contributed by atoms with Gasteiger partial charge in [0, 0.05) is 31.3 Å². The molecule has 2 fully saturated rings. The van der Waals surface area contributed by atoms with E-state index in [4.69, 9.17) is 0 Å². The molecule has 1 aliphatic carbocycles. The normalized spacial score (nSPS) is 24.6. The molecule has 6 rings (SSSR count). The third-order valence-corrected chi connectivity index (χ3v) is 7.71. The van der Waals surface area contributed by atoms with Gasteiger partial charge in [-0.2, -0.15) is 0 Å². The molecule has 188 valence electrons. The van der Waals surface area contributed by atoms with Crippen molar-refractivity contribution in [3.8, 4) is 0 Å². The molecule has 36 heavy (non-hydrogen) atoms. The zero-order chi connectivity index (χ0) is 24.5. The van der Waals surface area contributed by atoms with Gasteiger partial charge in [-0.15, -0.1) is 10.2 Å². The summed E-state index contributed by atoms with van der Waals surface area (Å²) in [6.07, 6.45) is 6.79. The van der Waals surface area contributed by atoms with E-state index in [0.29, 0.717) is 37.8 Å².